The summed E-state index contributed by atoms with van der Waals surface area (Å²) in [7, 11) is 0. The van der Waals surface area contributed by atoms with E-state index in [2.05, 4.69) is 14.8 Å². The zero-order valence-corrected chi connectivity index (χ0v) is 14.6. The van der Waals surface area contributed by atoms with Gasteiger partial charge < -0.3 is 9.64 Å². The molecule has 4 rings (SSSR count). The smallest absolute Gasteiger partial charge is 0.381 e. The number of benzene rings is 1. The lowest BCUT2D eigenvalue weighted by molar-refractivity contribution is -0.136. The van der Waals surface area contributed by atoms with Gasteiger partial charge in [-0.05, 0) is 25.0 Å². The number of aromatic nitrogens is 1. The van der Waals surface area contributed by atoms with Crippen LogP contribution in [0.4, 0.5) is 18.3 Å². The highest BCUT2D eigenvalue weighted by Crippen LogP contribution is 2.38. The van der Waals surface area contributed by atoms with Gasteiger partial charge in [-0.15, -0.1) is 0 Å². The molecular formula is C17H20F3N3OS. The second-order valence-corrected chi connectivity index (χ2v) is 7.52. The number of nitrogens with zero attached hydrogens (tertiary/aromatic N) is 3. The second kappa shape index (κ2) is 6.74. The summed E-state index contributed by atoms with van der Waals surface area (Å²) < 4.78 is 45.5. The van der Waals surface area contributed by atoms with Gasteiger partial charge in [0, 0.05) is 45.4 Å². The number of fused-ring (bicyclic) bond motifs is 1. The van der Waals surface area contributed by atoms with Crippen LogP contribution in [0.1, 0.15) is 18.4 Å². The number of ether oxygens (including phenoxy) is 1. The van der Waals surface area contributed by atoms with Crippen molar-refractivity contribution in [2.75, 3.05) is 44.3 Å². The van der Waals surface area contributed by atoms with Crippen LogP contribution in [0.5, 0.6) is 0 Å². The van der Waals surface area contributed by atoms with Crippen molar-refractivity contribution in [2.24, 2.45) is 0 Å². The molecule has 25 heavy (non-hydrogen) atoms. The molecule has 0 bridgehead atoms. The SMILES string of the molecule is FC(F)(F)c1cccc2sc(N3CCN(C4CCOCC4)CC3)nc12. The molecule has 0 radical (unpaired) electrons. The molecule has 2 fully saturated rings. The quantitative estimate of drug-likeness (QED) is 0.806. The minimum atomic E-state index is -4.37. The predicted molar refractivity (Wildman–Crippen MR) is 92.2 cm³/mol. The Morgan fingerprint density at radius 2 is 1.80 bits per heavy atom. The maximum atomic E-state index is 13.2. The molecule has 0 saturated carbocycles. The van der Waals surface area contributed by atoms with Crippen LogP contribution >= 0.6 is 11.3 Å². The Morgan fingerprint density at radius 1 is 1.08 bits per heavy atom. The van der Waals surface area contributed by atoms with E-state index < -0.39 is 11.7 Å². The van der Waals surface area contributed by atoms with Crippen molar-refractivity contribution >= 4 is 26.7 Å². The molecule has 0 unspecified atom stereocenters. The Labute approximate surface area is 148 Å². The fraction of sp³-hybridized carbons (Fsp3) is 0.588. The number of rotatable bonds is 2. The number of alkyl halides is 3. The van der Waals surface area contributed by atoms with E-state index >= 15 is 0 Å². The Balaban J connectivity index is 1.49. The van der Waals surface area contributed by atoms with Crippen LogP contribution in [-0.4, -0.2) is 55.3 Å². The van der Waals surface area contributed by atoms with Gasteiger partial charge in [0.1, 0.15) is 0 Å². The highest BCUT2D eigenvalue weighted by Gasteiger charge is 2.34. The van der Waals surface area contributed by atoms with E-state index in [4.69, 9.17) is 4.74 Å². The van der Waals surface area contributed by atoms with Crippen molar-refractivity contribution in [3.05, 3.63) is 23.8 Å². The summed E-state index contributed by atoms with van der Waals surface area (Å²) in [4.78, 5) is 8.92. The normalized spacial score (nSPS) is 21.2. The van der Waals surface area contributed by atoms with Gasteiger partial charge in [-0.2, -0.15) is 13.2 Å². The number of piperazine rings is 1. The summed E-state index contributed by atoms with van der Waals surface area (Å²) in [6.07, 6.45) is -2.24. The van der Waals surface area contributed by atoms with E-state index in [9.17, 15) is 13.2 Å². The number of halogens is 3. The van der Waals surface area contributed by atoms with Crippen LogP contribution in [0, 0.1) is 0 Å². The van der Waals surface area contributed by atoms with Crippen molar-refractivity contribution in [2.45, 2.75) is 25.1 Å². The second-order valence-electron chi connectivity index (χ2n) is 6.51. The van der Waals surface area contributed by atoms with Gasteiger partial charge in [-0.25, -0.2) is 4.98 Å². The number of hydrogen-bond acceptors (Lipinski definition) is 5. The molecule has 0 aliphatic carbocycles. The standard InChI is InChI=1S/C17H20F3N3OS/c18-17(19,20)13-2-1-3-14-15(13)21-16(25-14)23-8-6-22(7-9-23)12-4-10-24-11-5-12/h1-3,12H,4-11H2. The molecule has 0 amide bonds. The van der Waals surface area contributed by atoms with Crippen LogP contribution in [-0.2, 0) is 10.9 Å². The summed E-state index contributed by atoms with van der Waals surface area (Å²) in [6.45, 7) is 5.10. The van der Waals surface area contributed by atoms with E-state index in [1.807, 2.05) is 0 Å². The summed E-state index contributed by atoms with van der Waals surface area (Å²) in [5.41, 5.74) is -0.574. The summed E-state index contributed by atoms with van der Waals surface area (Å²) >= 11 is 1.35. The molecule has 1 aromatic carbocycles. The fourth-order valence-electron chi connectivity index (χ4n) is 3.63. The maximum Gasteiger partial charge on any atom is 0.418 e. The van der Waals surface area contributed by atoms with Crippen molar-refractivity contribution in [1.29, 1.82) is 0 Å². The molecule has 0 N–H and O–H groups in total. The minimum Gasteiger partial charge on any atom is -0.381 e. The molecule has 8 heteroatoms. The third-order valence-electron chi connectivity index (χ3n) is 5.01. The van der Waals surface area contributed by atoms with Crippen molar-refractivity contribution < 1.29 is 17.9 Å². The predicted octanol–water partition coefficient (Wildman–Crippen LogP) is 3.62. The first-order valence-electron chi connectivity index (χ1n) is 8.56. The molecule has 2 aromatic rings. The number of hydrogen-bond donors (Lipinski definition) is 0. The van der Waals surface area contributed by atoms with Crippen LogP contribution in [0.3, 0.4) is 0 Å². The van der Waals surface area contributed by atoms with Crippen molar-refractivity contribution in [3.63, 3.8) is 0 Å². The third-order valence-corrected chi connectivity index (χ3v) is 6.09. The molecule has 0 atom stereocenters. The lowest BCUT2D eigenvalue weighted by atomic mass is 10.1. The Hall–Kier alpha value is -1.38. The van der Waals surface area contributed by atoms with Gasteiger partial charge in [-0.3, -0.25) is 4.90 Å². The van der Waals surface area contributed by atoms with Crippen LogP contribution in [0.2, 0.25) is 0 Å². The molecule has 0 spiro atoms. The molecule has 136 valence electrons. The lowest BCUT2D eigenvalue weighted by Crippen LogP contribution is -2.51. The zero-order valence-electron chi connectivity index (χ0n) is 13.8. The van der Waals surface area contributed by atoms with E-state index in [-0.39, 0.29) is 5.52 Å². The largest absolute Gasteiger partial charge is 0.418 e. The van der Waals surface area contributed by atoms with E-state index in [1.54, 1.807) is 6.07 Å². The molecule has 1 aromatic heterocycles. The molecule has 3 heterocycles. The van der Waals surface area contributed by atoms with Crippen LogP contribution in [0.15, 0.2) is 18.2 Å². The summed E-state index contributed by atoms with van der Waals surface area (Å²) in [6, 6.07) is 4.85. The van der Waals surface area contributed by atoms with Crippen LogP contribution in [0.25, 0.3) is 10.2 Å². The maximum absolute atomic E-state index is 13.2. The summed E-state index contributed by atoms with van der Waals surface area (Å²) in [5, 5.41) is 0.693. The molecule has 4 nitrogen and oxygen atoms in total. The Bertz CT molecular complexity index is 734. The number of para-hydroxylation sites is 1. The Kier molecular flexibility index (Phi) is 4.59. The number of anilines is 1. The summed E-state index contributed by atoms with van der Waals surface area (Å²) in [5.74, 6) is 0. The van der Waals surface area contributed by atoms with Gasteiger partial charge >= 0.3 is 6.18 Å². The zero-order chi connectivity index (χ0) is 17.4. The third kappa shape index (κ3) is 3.47. The van der Waals surface area contributed by atoms with Crippen molar-refractivity contribution in [3.8, 4) is 0 Å². The van der Waals surface area contributed by atoms with Gasteiger partial charge in [0.25, 0.3) is 0 Å². The van der Waals surface area contributed by atoms with Gasteiger partial charge in [-0.1, -0.05) is 17.4 Å². The Morgan fingerprint density at radius 3 is 2.48 bits per heavy atom. The molecule has 2 aliphatic heterocycles. The molecular weight excluding hydrogens is 351 g/mol. The highest BCUT2D eigenvalue weighted by atomic mass is 32.1. The van der Waals surface area contributed by atoms with Crippen LogP contribution < -0.4 is 4.90 Å². The first-order valence-corrected chi connectivity index (χ1v) is 9.37. The fourth-order valence-corrected chi connectivity index (χ4v) is 4.67. The average molecular weight is 371 g/mol. The first-order chi connectivity index (χ1) is 12.0. The molecule has 2 saturated heterocycles. The minimum absolute atomic E-state index is 0.0712. The van der Waals surface area contributed by atoms with Crippen molar-refractivity contribution in [1.82, 2.24) is 9.88 Å². The topological polar surface area (TPSA) is 28.6 Å². The van der Waals surface area contributed by atoms with Gasteiger partial charge in [0.15, 0.2) is 5.13 Å². The van der Waals surface area contributed by atoms with Gasteiger partial charge in [0.05, 0.1) is 15.8 Å². The first kappa shape index (κ1) is 17.1. The average Bonchev–Trinajstić information content (AvgIpc) is 3.06. The number of thiazole rings is 1. The van der Waals surface area contributed by atoms with Gasteiger partial charge in [0.2, 0.25) is 0 Å². The highest BCUT2D eigenvalue weighted by molar-refractivity contribution is 7.22. The van der Waals surface area contributed by atoms with E-state index in [0.717, 1.165) is 58.3 Å². The van der Waals surface area contributed by atoms with E-state index in [1.165, 1.54) is 17.4 Å². The monoisotopic (exact) mass is 371 g/mol. The van der Waals surface area contributed by atoms with E-state index in [0.29, 0.717) is 15.9 Å². The molecule has 2 aliphatic rings. The lowest BCUT2D eigenvalue weighted by Gasteiger charge is -2.40.